The van der Waals surface area contributed by atoms with Gasteiger partial charge in [-0.1, -0.05) is 0 Å². The minimum atomic E-state index is -4.20. The fourth-order valence-corrected chi connectivity index (χ4v) is 2.26. The van der Waals surface area contributed by atoms with E-state index < -0.39 is 18.0 Å². The third-order valence-electron chi connectivity index (χ3n) is 2.38. The molecule has 1 aromatic heterocycles. The molecule has 7 heteroatoms. The number of alkyl halides is 2. The van der Waals surface area contributed by atoms with Gasteiger partial charge in [0.1, 0.15) is 0 Å². The number of carboxylic acids is 1. The molecule has 1 saturated carbocycles. The van der Waals surface area contributed by atoms with Crippen molar-refractivity contribution < 1.29 is 23.8 Å². The van der Waals surface area contributed by atoms with Crippen molar-refractivity contribution in [1.82, 2.24) is 4.98 Å². The molecule has 88 valence electrons. The maximum absolute atomic E-state index is 13.0. The largest absolute Gasteiger partial charge is 0.477 e. The van der Waals surface area contributed by atoms with Gasteiger partial charge in [0.05, 0.1) is 10.7 Å². The molecule has 1 aliphatic rings. The van der Waals surface area contributed by atoms with Crippen LogP contribution < -0.4 is 0 Å². The number of aromatic nitrogens is 1. The van der Waals surface area contributed by atoms with Crippen molar-refractivity contribution in [3.63, 3.8) is 0 Å². The van der Waals surface area contributed by atoms with E-state index in [1.165, 1.54) is 16.7 Å². The van der Waals surface area contributed by atoms with Crippen LogP contribution in [0.3, 0.4) is 0 Å². The molecule has 0 aromatic carbocycles. The fraction of sp³-hybridized carbons (Fsp3) is 0.556. The van der Waals surface area contributed by atoms with Crippen LogP contribution in [0.1, 0.15) is 35.6 Å². The van der Waals surface area contributed by atoms with E-state index in [-0.39, 0.29) is 5.69 Å². The first kappa shape index (κ1) is 11.4. The molecule has 0 aliphatic heterocycles. The van der Waals surface area contributed by atoms with Crippen LogP contribution in [0, 0.1) is 0 Å². The highest BCUT2D eigenvalue weighted by Gasteiger charge is 2.49. The number of aliphatic hydroxyl groups is 1. The highest BCUT2D eigenvalue weighted by Crippen LogP contribution is 2.42. The predicted molar refractivity (Wildman–Crippen MR) is 51.6 cm³/mol. The van der Waals surface area contributed by atoms with Crippen LogP contribution >= 0.6 is 11.3 Å². The zero-order chi connectivity index (χ0) is 11.9. The number of carboxylic acid groups (broad SMARTS) is 1. The second-order valence-electron chi connectivity index (χ2n) is 3.72. The molecule has 0 bridgehead atoms. The van der Waals surface area contributed by atoms with Gasteiger partial charge in [-0.15, -0.1) is 11.3 Å². The first-order valence-electron chi connectivity index (χ1n) is 4.67. The average molecular weight is 249 g/mol. The summed E-state index contributed by atoms with van der Waals surface area (Å²) < 4.78 is 25.9. The van der Waals surface area contributed by atoms with Gasteiger partial charge < -0.3 is 10.2 Å². The maximum Gasteiger partial charge on any atom is 0.377 e. The molecule has 1 heterocycles. The van der Waals surface area contributed by atoms with Crippen LogP contribution in [0.25, 0.3) is 0 Å². The van der Waals surface area contributed by atoms with Crippen LogP contribution in [0.5, 0.6) is 0 Å². The highest BCUT2D eigenvalue weighted by molar-refractivity contribution is 7.09. The molecule has 16 heavy (non-hydrogen) atoms. The summed E-state index contributed by atoms with van der Waals surface area (Å²) in [5, 5.41) is 19.5. The average Bonchev–Trinajstić information content (AvgIpc) is 2.95. The third-order valence-corrected chi connectivity index (χ3v) is 3.40. The molecule has 2 N–H and O–H groups in total. The van der Waals surface area contributed by atoms with Crippen LogP contribution in [0.4, 0.5) is 8.78 Å². The van der Waals surface area contributed by atoms with Gasteiger partial charge >= 0.3 is 11.9 Å². The lowest BCUT2D eigenvalue weighted by molar-refractivity contribution is -0.183. The Morgan fingerprint density at radius 3 is 2.75 bits per heavy atom. The molecule has 1 atom stereocenters. The quantitative estimate of drug-likeness (QED) is 0.853. The van der Waals surface area contributed by atoms with Crippen LogP contribution in [0.2, 0.25) is 0 Å². The van der Waals surface area contributed by atoms with Gasteiger partial charge in [-0.05, 0) is 12.8 Å². The summed E-state index contributed by atoms with van der Waals surface area (Å²) in [5.41, 5.74) is -0.265. The van der Waals surface area contributed by atoms with Crippen molar-refractivity contribution in [1.29, 1.82) is 0 Å². The molecule has 0 amide bonds. The topological polar surface area (TPSA) is 70.4 Å². The van der Waals surface area contributed by atoms with Crippen molar-refractivity contribution in [3.05, 3.63) is 16.1 Å². The van der Waals surface area contributed by atoms with Gasteiger partial charge in [0, 0.05) is 11.3 Å². The second-order valence-corrected chi connectivity index (χ2v) is 4.61. The SMILES string of the molecule is O=C(O)C(F)(F)C(O)c1csc(C2CC2)n1. The number of halogens is 2. The number of nitrogens with zero attached hydrogens (tertiary/aromatic N) is 1. The Balaban J connectivity index is 2.19. The smallest absolute Gasteiger partial charge is 0.377 e. The number of rotatable bonds is 4. The summed E-state index contributed by atoms with van der Waals surface area (Å²) >= 11 is 1.18. The van der Waals surface area contributed by atoms with Gasteiger partial charge in [0.2, 0.25) is 0 Å². The van der Waals surface area contributed by atoms with E-state index in [9.17, 15) is 18.7 Å². The maximum atomic E-state index is 13.0. The van der Waals surface area contributed by atoms with E-state index in [0.717, 1.165) is 12.8 Å². The summed E-state index contributed by atoms with van der Waals surface area (Å²) in [6, 6.07) is 0. The van der Waals surface area contributed by atoms with E-state index in [1.807, 2.05) is 0 Å². The number of aliphatic carboxylic acids is 1. The molecule has 0 saturated heterocycles. The van der Waals surface area contributed by atoms with Crippen LogP contribution in [0.15, 0.2) is 5.38 Å². The predicted octanol–water partition coefficient (Wildman–Crippen LogP) is 1.77. The van der Waals surface area contributed by atoms with Gasteiger partial charge in [-0.3, -0.25) is 0 Å². The highest BCUT2D eigenvalue weighted by atomic mass is 32.1. The number of carbonyl (C=O) groups is 1. The van der Waals surface area contributed by atoms with E-state index >= 15 is 0 Å². The molecule has 1 fully saturated rings. The lowest BCUT2D eigenvalue weighted by Gasteiger charge is -2.16. The van der Waals surface area contributed by atoms with E-state index in [2.05, 4.69) is 4.98 Å². The molecule has 4 nitrogen and oxygen atoms in total. The first-order chi connectivity index (χ1) is 7.43. The third kappa shape index (κ3) is 1.92. The molecular weight excluding hydrogens is 240 g/mol. The number of thiazole rings is 1. The molecule has 0 radical (unpaired) electrons. The molecule has 1 aliphatic carbocycles. The van der Waals surface area contributed by atoms with Crippen LogP contribution in [-0.4, -0.2) is 27.1 Å². The van der Waals surface area contributed by atoms with Crippen molar-refractivity contribution in [2.24, 2.45) is 0 Å². The summed E-state index contributed by atoms with van der Waals surface area (Å²) in [4.78, 5) is 14.1. The Bertz CT molecular complexity index is 417. The van der Waals surface area contributed by atoms with Gasteiger partial charge in [-0.2, -0.15) is 8.78 Å². The normalized spacial score (nSPS) is 18.4. The minimum absolute atomic E-state index is 0.265. The van der Waals surface area contributed by atoms with Gasteiger partial charge in [-0.25, -0.2) is 9.78 Å². The minimum Gasteiger partial charge on any atom is -0.477 e. The lowest BCUT2D eigenvalue weighted by atomic mass is 10.1. The lowest BCUT2D eigenvalue weighted by Crippen LogP contribution is -2.35. The summed E-state index contributed by atoms with van der Waals surface area (Å²) in [5.74, 6) is -6.25. The Morgan fingerprint density at radius 2 is 2.25 bits per heavy atom. The summed E-state index contributed by atoms with van der Waals surface area (Å²) in [6.45, 7) is 0. The fourth-order valence-electron chi connectivity index (χ4n) is 1.25. The molecular formula is C9H9F2NO3S. The molecule has 1 unspecified atom stereocenters. The van der Waals surface area contributed by atoms with Gasteiger partial charge in [0.15, 0.2) is 6.10 Å². The van der Waals surface area contributed by atoms with E-state index in [4.69, 9.17) is 5.11 Å². The van der Waals surface area contributed by atoms with Crippen molar-refractivity contribution in [2.45, 2.75) is 30.8 Å². The van der Waals surface area contributed by atoms with Gasteiger partial charge in [0.25, 0.3) is 0 Å². The first-order valence-corrected chi connectivity index (χ1v) is 5.55. The second kappa shape index (κ2) is 3.74. The van der Waals surface area contributed by atoms with E-state index in [0.29, 0.717) is 10.9 Å². The van der Waals surface area contributed by atoms with Crippen molar-refractivity contribution in [2.75, 3.05) is 0 Å². The Labute approximate surface area is 93.6 Å². The molecule has 1 aromatic rings. The zero-order valence-electron chi connectivity index (χ0n) is 8.06. The van der Waals surface area contributed by atoms with E-state index in [1.54, 1.807) is 0 Å². The summed E-state index contributed by atoms with van der Waals surface area (Å²) in [7, 11) is 0. The standard InChI is InChI=1S/C9H9F2NO3S/c10-9(11,8(14)15)6(13)5-3-16-7(12-5)4-1-2-4/h3-4,6,13H,1-2H2,(H,14,15). The monoisotopic (exact) mass is 249 g/mol. The molecule has 0 spiro atoms. The molecule has 2 rings (SSSR count). The number of aliphatic hydroxyl groups excluding tert-OH is 1. The van der Waals surface area contributed by atoms with Crippen molar-refractivity contribution >= 4 is 17.3 Å². The Morgan fingerprint density at radius 1 is 1.62 bits per heavy atom. The Hall–Kier alpha value is -1.08. The summed E-state index contributed by atoms with van der Waals surface area (Å²) in [6.07, 6.45) is -0.440. The zero-order valence-corrected chi connectivity index (χ0v) is 8.88. The number of hydrogen-bond donors (Lipinski definition) is 2. The van der Waals surface area contributed by atoms with Crippen LogP contribution in [-0.2, 0) is 4.79 Å². The Kier molecular flexibility index (Phi) is 2.67. The van der Waals surface area contributed by atoms with Crippen molar-refractivity contribution in [3.8, 4) is 0 Å². The number of hydrogen-bond acceptors (Lipinski definition) is 4.